The second-order valence-corrected chi connectivity index (χ2v) is 6.61. The van der Waals surface area contributed by atoms with Crippen molar-refractivity contribution in [3.63, 3.8) is 0 Å². The lowest BCUT2D eigenvalue weighted by molar-refractivity contribution is -0.0421. The molecule has 0 saturated carbocycles. The number of hydrogen-bond donors (Lipinski definition) is 3. The number of amides is 1. The Morgan fingerprint density at radius 2 is 2.07 bits per heavy atom. The topological polar surface area (TPSA) is 119 Å². The van der Waals surface area contributed by atoms with Crippen LogP contribution in [0.3, 0.4) is 0 Å². The van der Waals surface area contributed by atoms with E-state index in [-0.39, 0.29) is 28.5 Å². The molecule has 0 bridgehead atoms. The summed E-state index contributed by atoms with van der Waals surface area (Å²) in [5, 5.41) is 2.54. The molecule has 27 heavy (non-hydrogen) atoms. The van der Waals surface area contributed by atoms with Crippen LogP contribution in [0.2, 0.25) is 0 Å². The van der Waals surface area contributed by atoms with E-state index in [0.29, 0.717) is 25.4 Å². The van der Waals surface area contributed by atoms with Crippen LogP contribution in [0.15, 0.2) is 28.2 Å². The summed E-state index contributed by atoms with van der Waals surface area (Å²) in [6.07, 6.45) is 0.347. The Hall–Kier alpha value is -2.50. The van der Waals surface area contributed by atoms with Crippen LogP contribution in [0.5, 0.6) is 0 Å². The van der Waals surface area contributed by atoms with E-state index < -0.39 is 23.1 Å². The Bertz CT molecular complexity index is 902. The highest BCUT2D eigenvalue weighted by molar-refractivity contribution is 7.99. The van der Waals surface area contributed by atoms with Crippen LogP contribution in [0, 0.1) is 11.6 Å². The monoisotopic (exact) mass is 398 g/mol. The minimum atomic E-state index is -1.18. The van der Waals surface area contributed by atoms with Gasteiger partial charge in [0.05, 0.1) is 13.2 Å². The van der Waals surface area contributed by atoms with Crippen molar-refractivity contribution in [3.8, 4) is 0 Å². The van der Waals surface area contributed by atoms with Crippen LogP contribution in [-0.2, 0) is 9.47 Å². The molecule has 0 atom stereocenters. The number of hydrogen-bond acceptors (Lipinski definition) is 7. The van der Waals surface area contributed by atoms with Gasteiger partial charge in [-0.05, 0) is 18.2 Å². The van der Waals surface area contributed by atoms with Crippen molar-refractivity contribution in [1.29, 1.82) is 0 Å². The summed E-state index contributed by atoms with van der Waals surface area (Å²) in [6, 6.07) is 2.62. The zero-order chi connectivity index (χ0) is 19.4. The van der Waals surface area contributed by atoms with Crippen LogP contribution < -0.4 is 16.6 Å². The molecule has 0 aliphatic carbocycles. The number of benzene rings is 1. The lowest BCUT2D eigenvalue weighted by Gasteiger charge is -2.10. The van der Waals surface area contributed by atoms with Crippen molar-refractivity contribution < 1.29 is 23.0 Å². The summed E-state index contributed by atoms with van der Waals surface area (Å²) in [5.41, 5.74) is 4.66. The predicted molar refractivity (Wildman–Crippen MR) is 94.6 cm³/mol. The van der Waals surface area contributed by atoms with Gasteiger partial charge in [-0.2, -0.15) is 0 Å². The molecule has 144 valence electrons. The van der Waals surface area contributed by atoms with Crippen LogP contribution >= 0.6 is 11.8 Å². The van der Waals surface area contributed by atoms with E-state index in [0.717, 1.165) is 18.2 Å². The number of nitrogen functional groups attached to an aromatic ring is 1. The maximum Gasteiger partial charge on any atom is 0.277 e. The van der Waals surface area contributed by atoms with Crippen LogP contribution in [0.4, 0.5) is 20.3 Å². The second-order valence-electron chi connectivity index (χ2n) is 5.52. The maximum atomic E-state index is 13.2. The van der Waals surface area contributed by atoms with Gasteiger partial charge in [-0.25, -0.2) is 13.8 Å². The van der Waals surface area contributed by atoms with Gasteiger partial charge in [0, 0.05) is 17.7 Å². The first kappa shape index (κ1) is 19.3. The van der Waals surface area contributed by atoms with Gasteiger partial charge < -0.3 is 20.5 Å². The number of aromatic nitrogens is 2. The molecule has 11 heteroatoms. The highest BCUT2D eigenvalue weighted by Gasteiger charge is 2.17. The average Bonchev–Trinajstić information content (AvgIpc) is 3.14. The molecule has 1 aliphatic heterocycles. The zero-order valence-electron chi connectivity index (χ0n) is 14.0. The minimum Gasteiger partial charge on any atom is -0.382 e. The number of nitrogens with one attached hydrogen (secondary N) is 2. The van der Waals surface area contributed by atoms with Gasteiger partial charge in [0.2, 0.25) is 0 Å². The summed E-state index contributed by atoms with van der Waals surface area (Å²) in [5.74, 6) is -2.69. The smallest absolute Gasteiger partial charge is 0.277 e. The molecule has 1 saturated heterocycles. The van der Waals surface area contributed by atoms with Gasteiger partial charge >= 0.3 is 0 Å². The number of anilines is 2. The van der Waals surface area contributed by atoms with E-state index in [1.54, 1.807) is 0 Å². The largest absolute Gasteiger partial charge is 0.382 e. The third-order valence-electron chi connectivity index (χ3n) is 3.63. The maximum absolute atomic E-state index is 13.2. The number of halogens is 2. The Labute approximate surface area is 156 Å². The number of rotatable bonds is 6. The standard InChI is InChI=1S/C16H16F2N4O4S/c17-9-2-1-8(7-10(9)18)14(23)20-12-13(19)21-16(22-15(12)24)27-6-3-11-25-4-5-26-11/h1-2,7,11H,3-6H2,(H,20,23)(H3,19,21,22,24). The van der Waals surface area contributed by atoms with Crippen LogP contribution in [0.1, 0.15) is 16.8 Å². The normalized spacial score (nSPS) is 14.4. The van der Waals surface area contributed by atoms with Gasteiger partial charge in [-0.3, -0.25) is 14.6 Å². The molecule has 0 radical (unpaired) electrons. The van der Waals surface area contributed by atoms with Gasteiger partial charge in [0.15, 0.2) is 28.9 Å². The minimum absolute atomic E-state index is 0.164. The molecule has 8 nitrogen and oxygen atoms in total. The van der Waals surface area contributed by atoms with Gasteiger partial charge in [-0.15, -0.1) is 0 Å². The molecule has 1 amide bonds. The number of nitrogens with zero attached hydrogens (tertiary/aromatic N) is 1. The number of ether oxygens (including phenoxy) is 2. The highest BCUT2D eigenvalue weighted by Crippen LogP contribution is 2.20. The first-order valence-corrected chi connectivity index (χ1v) is 8.95. The number of thioether (sulfide) groups is 1. The van der Waals surface area contributed by atoms with Crippen molar-refractivity contribution >= 4 is 29.2 Å². The summed E-state index contributed by atoms with van der Waals surface area (Å²) in [4.78, 5) is 30.8. The molecule has 0 spiro atoms. The molecule has 1 aromatic carbocycles. The summed E-state index contributed by atoms with van der Waals surface area (Å²) in [6.45, 7) is 1.12. The van der Waals surface area contributed by atoms with Gasteiger partial charge in [-0.1, -0.05) is 11.8 Å². The molecule has 3 rings (SSSR count). The van der Waals surface area contributed by atoms with E-state index in [9.17, 15) is 18.4 Å². The number of aromatic amines is 1. The van der Waals surface area contributed by atoms with E-state index in [1.807, 2.05) is 0 Å². The third-order valence-corrected chi connectivity index (χ3v) is 4.54. The summed E-state index contributed by atoms with van der Waals surface area (Å²) < 4.78 is 36.8. The predicted octanol–water partition coefficient (Wildman–Crippen LogP) is 1.74. The molecule has 1 aromatic heterocycles. The molecular formula is C16H16F2N4O4S. The zero-order valence-corrected chi connectivity index (χ0v) is 14.8. The molecule has 0 unspecified atom stereocenters. The fraction of sp³-hybridized carbons (Fsp3) is 0.312. The first-order chi connectivity index (χ1) is 12.9. The SMILES string of the molecule is Nc1nc(SCCC2OCCO2)[nH]c(=O)c1NC(=O)c1ccc(F)c(F)c1. The number of nitrogens with two attached hydrogens (primary N) is 1. The van der Waals surface area contributed by atoms with Crippen molar-refractivity contribution in [2.24, 2.45) is 0 Å². The number of carbonyl (C=O) groups excluding carboxylic acids is 1. The molecular weight excluding hydrogens is 382 g/mol. The Morgan fingerprint density at radius 1 is 1.33 bits per heavy atom. The van der Waals surface area contributed by atoms with Crippen molar-refractivity contribution in [2.45, 2.75) is 17.9 Å². The number of H-pyrrole nitrogens is 1. The molecule has 1 fully saturated rings. The van der Waals surface area contributed by atoms with Crippen molar-refractivity contribution in [1.82, 2.24) is 9.97 Å². The van der Waals surface area contributed by atoms with Crippen molar-refractivity contribution in [2.75, 3.05) is 30.0 Å². The first-order valence-electron chi connectivity index (χ1n) is 7.96. The molecule has 2 heterocycles. The van der Waals surface area contributed by atoms with Gasteiger partial charge in [0.1, 0.15) is 5.69 Å². The van der Waals surface area contributed by atoms with Gasteiger partial charge in [0.25, 0.3) is 11.5 Å². The number of carbonyl (C=O) groups is 1. The Balaban J connectivity index is 1.66. The average molecular weight is 398 g/mol. The fourth-order valence-corrected chi connectivity index (χ4v) is 3.14. The molecule has 1 aliphatic rings. The van der Waals surface area contributed by atoms with Crippen LogP contribution in [-0.4, -0.2) is 41.1 Å². The third kappa shape index (κ3) is 4.81. The summed E-state index contributed by atoms with van der Waals surface area (Å²) in [7, 11) is 0. The Morgan fingerprint density at radius 3 is 2.74 bits per heavy atom. The highest BCUT2D eigenvalue weighted by atomic mass is 32.2. The van der Waals surface area contributed by atoms with Crippen LogP contribution in [0.25, 0.3) is 0 Å². The molecule has 4 N–H and O–H groups in total. The van der Waals surface area contributed by atoms with E-state index >= 15 is 0 Å². The molecule has 2 aromatic rings. The van der Waals surface area contributed by atoms with E-state index in [4.69, 9.17) is 15.2 Å². The fourth-order valence-electron chi connectivity index (χ4n) is 2.31. The lowest BCUT2D eigenvalue weighted by Crippen LogP contribution is -2.23. The Kier molecular flexibility index (Phi) is 6.04. The second kappa shape index (κ2) is 8.46. The van der Waals surface area contributed by atoms with Crippen molar-refractivity contribution in [3.05, 3.63) is 45.8 Å². The van der Waals surface area contributed by atoms with E-state index in [1.165, 1.54) is 11.8 Å². The van der Waals surface area contributed by atoms with E-state index in [2.05, 4.69) is 15.3 Å². The quantitative estimate of drug-likeness (QED) is 0.501. The summed E-state index contributed by atoms with van der Waals surface area (Å²) >= 11 is 1.25. The lowest BCUT2D eigenvalue weighted by atomic mass is 10.2.